The van der Waals surface area contributed by atoms with Crippen LogP contribution in [-0.4, -0.2) is 18.8 Å². The lowest BCUT2D eigenvalue weighted by molar-refractivity contribution is -0.0381. The number of ether oxygens (including phenoxy) is 1. The fraction of sp³-hybridized carbons (Fsp3) is 0.692. The highest BCUT2D eigenvalue weighted by Crippen LogP contribution is 2.34. The van der Waals surface area contributed by atoms with E-state index in [0.717, 1.165) is 13.2 Å². The first-order valence-electron chi connectivity index (χ1n) is 5.94. The highest BCUT2D eigenvalue weighted by Gasteiger charge is 2.32. The van der Waals surface area contributed by atoms with Crippen LogP contribution in [0.25, 0.3) is 0 Å². The summed E-state index contributed by atoms with van der Waals surface area (Å²) in [4.78, 5) is 1.39. The van der Waals surface area contributed by atoms with Crippen LogP contribution in [-0.2, 0) is 4.74 Å². The standard InChI is InChI=1S/C13H23NOS/c1-6-14-12(13(4,5)15-7-2)11-10(3)8-9-16-11/h8-9,12,14H,6-7H2,1-5H3. The Kier molecular flexibility index (Phi) is 4.96. The predicted molar refractivity (Wildman–Crippen MR) is 71.2 cm³/mol. The maximum absolute atomic E-state index is 5.87. The largest absolute Gasteiger partial charge is 0.374 e. The van der Waals surface area contributed by atoms with E-state index in [-0.39, 0.29) is 11.6 Å². The first-order chi connectivity index (χ1) is 7.53. The van der Waals surface area contributed by atoms with Gasteiger partial charge in [-0.15, -0.1) is 11.3 Å². The van der Waals surface area contributed by atoms with E-state index in [1.54, 1.807) is 0 Å². The molecule has 0 aliphatic rings. The summed E-state index contributed by atoms with van der Waals surface area (Å²) in [6, 6.07) is 2.45. The average molecular weight is 241 g/mol. The van der Waals surface area contributed by atoms with Gasteiger partial charge in [0, 0.05) is 11.5 Å². The summed E-state index contributed by atoms with van der Waals surface area (Å²) < 4.78 is 5.87. The second kappa shape index (κ2) is 5.80. The second-order valence-electron chi connectivity index (χ2n) is 4.50. The molecule has 0 aliphatic heterocycles. The molecule has 0 radical (unpaired) electrons. The summed E-state index contributed by atoms with van der Waals surface area (Å²) in [5.74, 6) is 0. The lowest BCUT2D eigenvalue weighted by Gasteiger charge is -2.34. The van der Waals surface area contributed by atoms with Crippen molar-refractivity contribution in [2.24, 2.45) is 0 Å². The Morgan fingerprint density at radius 3 is 2.56 bits per heavy atom. The molecule has 92 valence electrons. The topological polar surface area (TPSA) is 21.3 Å². The predicted octanol–water partition coefficient (Wildman–Crippen LogP) is 3.52. The van der Waals surface area contributed by atoms with E-state index in [9.17, 15) is 0 Å². The molecule has 0 amide bonds. The van der Waals surface area contributed by atoms with Crippen molar-refractivity contribution in [3.05, 3.63) is 21.9 Å². The van der Waals surface area contributed by atoms with Crippen molar-refractivity contribution in [3.63, 3.8) is 0 Å². The Morgan fingerprint density at radius 2 is 2.12 bits per heavy atom. The molecule has 0 saturated carbocycles. The molecule has 1 N–H and O–H groups in total. The van der Waals surface area contributed by atoms with Crippen molar-refractivity contribution in [1.82, 2.24) is 5.32 Å². The summed E-state index contributed by atoms with van der Waals surface area (Å²) in [6.07, 6.45) is 0. The van der Waals surface area contributed by atoms with Crippen LogP contribution >= 0.6 is 11.3 Å². The quantitative estimate of drug-likeness (QED) is 0.822. The van der Waals surface area contributed by atoms with E-state index in [1.165, 1.54) is 10.4 Å². The van der Waals surface area contributed by atoms with Crippen LogP contribution in [0.1, 0.15) is 44.2 Å². The van der Waals surface area contributed by atoms with E-state index in [4.69, 9.17) is 4.74 Å². The number of hydrogen-bond acceptors (Lipinski definition) is 3. The zero-order valence-corrected chi connectivity index (χ0v) is 11.8. The maximum Gasteiger partial charge on any atom is 0.0828 e. The van der Waals surface area contributed by atoms with Gasteiger partial charge in [0.05, 0.1) is 11.6 Å². The van der Waals surface area contributed by atoms with Crippen molar-refractivity contribution in [3.8, 4) is 0 Å². The minimum absolute atomic E-state index is 0.166. The molecule has 1 aromatic rings. The molecule has 0 spiro atoms. The summed E-state index contributed by atoms with van der Waals surface area (Å²) >= 11 is 1.81. The van der Waals surface area contributed by atoms with Crippen molar-refractivity contribution in [2.45, 2.75) is 46.3 Å². The Bertz CT molecular complexity index is 319. The molecule has 1 aromatic heterocycles. The molecule has 0 bridgehead atoms. The Hall–Kier alpha value is -0.380. The van der Waals surface area contributed by atoms with E-state index in [1.807, 2.05) is 18.3 Å². The fourth-order valence-corrected chi connectivity index (χ4v) is 3.17. The number of nitrogens with one attached hydrogen (secondary N) is 1. The van der Waals surface area contributed by atoms with Crippen LogP contribution < -0.4 is 5.32 Å². The highest BCUT2D eigenvalue weighted by molar-refractivity contribution is 7.10. The molecule has 1 rings (SSSR count). The summed E-state index contributed by atoms with van der Waals surface area (Å²) in [5.41, 5.74) is 1.18. The minimum Gasteiger partial charge on any atom is -0.374 e. The number of aryl methyl sites for hydroxylation is 1. The van der Waals surface area contributed by atoms with E-state index >= 15 is 0 Å². The molecule has 3 heteroatoms. The van der Waals surface area contributed by atoms with Gasteiger partial charge in [-0.1, -0.05) is 6.92 Å². The third kappa shape index (κ3) is 3.06. The smallest absolute Gasteiger partial charge is 0.0828 e. The molecular weight excluding hydrogens is 218 g/mol. The monoisotopic (exact) mass is 241 g/mol. The molecule has 0 aromatic carbocycles. The molecule has 1 unspecified atom stereocenters. The summed E-state index contributed by atoms with van der Waals surface area (Å²) in [7, 11) is 0. The Balaban J connectivity index is 2.95. The summed E-state index contributed by atoms with van der Waals surface area (Å²) in [6.45, 7) is 12.4. The maximum atomic E-state index is 5.87. The molecule has 1 atom stereocenters. The van der Waals surface area contributed by atoms with Crippen molar-refractivity contribution in [1.29, 1.82) is 0 Å². The fourth-order valence-electron chi connectivity index (χ4n) is 1.99. The number of thiophene rings is 1. The van der Waals surface area contributed by atoms with Crippen molar-refractivity contribution >= 4 is 11.3 Å². The van der Waals surface area contributed by atoms with Gasteiger partial charge in [0.15, 0.2) is 0 Å². The van der Waals surface area contributed by atoms with Gasteiger partial charge in [-0.3, -0.25) is 0 Å². The van der Waals surface area contributed by atoms with Crippen LogP contribution in [0.2, 0.25) is 0 Å². The first-order valence-corrected chi connectivity index (χ1v) is 6.82. The van der Waals surface area contributed by atoms with Crippen LogP contribution in [0.15, 0.2) is 11.4 Å². The van der Waals surface area contributed by atoms with E-state index in [0.29, 0.717) is 0 Å². The molecule has 16 heavy (non-hydrogen) atoms. The lowest BCUT2D eigenvalue weighted by atomic mass is 9.95. The Morgan fingerprint density at radius 1 is 1.44 bits per heavy atom. The first kappa shape index (κ1) is 13.7. The van der Waals surface area contributed by atoms with Gasteiger partial charge in [0.2, 0.25) is 0 Å². The zero-order chi connectivity index (χ0) is 12.2. The molecule has 0 saturated heterocycles. The second-order valence-corrected chi connectivity index (χ2v) is 5.44. The minimum atomic E-state index is -0.166. The normalized spacial score (nSPS) is 14.1. The van der Waals surface area contributed by atoms with Gasteiger partial charge in [-0.05, 0) is 51.2 Å². The van der Waals surface area contributed by atoms with Crippen molar-refractivity contribution < 1.29 is 4.74 Å². The van der Waals surface area contributed by atoms with Gasteiger partial charge in [0.1, 0.15) is 0 Å². The molecule has 0 fully saturated rings. The zero-order valence-electron chi connectivity index (χ0n) is 11.0. The third-order valence-corrected chi connectivity index (χ3v) is 3.87. The van der Waals surface area contributed by atoms with Crippen LogP contribution in [0.3, 0.4) is 0 Å². The summed E-state index contributed by atoms with van der Waals surface area (Å²) in [5, 5.41) is 5.69. The van der Waals surface area contributed by atoms with E-state index in [2.05, 4.69) is 44.5 Å². The van der Waals surface area contributed by atoms with Crippen molar-refractivity contribution in [2.75, 3.05) is 13.2 Å². The van der Waals surface area contributed by atoms with Gasteiger partial charge >= 0.3 is 0 Å². The van der Waals surface area contributed by atoms with Gasteiger partial charge in [-0.25, -0.2) is 0 Å². The average Bonchev–Trinajstić information content (AvgIpc) is 2.60. The Labute approximate surface area is 103 Å². The van der Waals surface area contributed by atoms with Crippen LogP contribution in [0.5, 0.6) is 0 Å². The number of hydrogen-bond donors (Lipinski definition) is 1. The highest BCUT2D eigenvalue weighted by atomic mass is 32.1. The van der Waals surface area contributed by atoms with Gasteiger partial charge < -0.3 is 10.1 Å². The number of likely N-dealkylation sites (N-methyl/N-ethyl adjacent to an activating group) is 1. The van der Waals surface area contributed by atoms with E-state index < -0.39 is 0 Å². The number of rotatable bonds is 6. The van der Waals surface area contributed by atoms with Gasteiger partial charge in [-0.2, -0.15) is 0 Å². The van der Waals surface area contributed by atoms with Gasteiger partial charge in [0.25, 0.3) is 0 Å². The SMILES string of the molecule is CCNC(c1sccc1C)C(C)(C)OCC. The van der Waals surface area contributed by atoms with Crippen LogP contribution in [0.4, 0.5) is 0 Å². The molecule has 2 nitrogen and oxygen atoms in total. The molecule has 1 heterocycles. The third-order valence-electron chi connectivity index (χ3n) is 2.78. The molecular formula is C13H23NOS. The molecule has 0 aliphatic carbocycles. The van der Waals surface area contributed by atoms with Crippen LogP contribution in [0, 0.1) is 6.92 Å². The lowest BCUT2D eigenvalue weighted by Crippen LogP contribution is -2.41.